The van der Waals surface area contributed by atoms with Crippen LogP contribution in [0.3, 0.4) is 0 Å². The Bertz CT molecular complexity index is 819. The van der Waals surface area contributed by atoms with Crippen LogP contribution in [0, 0.1) is 0 Å². The van der Waals surface area contributed by atoms with Crippen LogP contribution in [0.15, 0.2) is 41.8 Å². The van der Waals surface area contributed by atoms with Crippen LogP contribution in [-0.4, -0.2) is 30.4 Å². The summed E-state index contributed by atoms with van der Waals surface area (Å²) in [5.74, 6) is -1.32. The minimum Gasteiger partial charge on any atom is -0.451 e. The van der Waals surface area contributed by atoms with Crippen molar-refractivity contribution in [3.8, 4) is 0 Å². The van der Waals surface area contributed by atoms with E-state index < -0.39 is 12.1 Å². The predicted octanol–water partition coefficient (Wildman–Crippen LogP) is 2.60. The molecule has 1 heterocycles. The largest absolute Gasteiger partial charge is 0.451 e. The fourth-order valence-electron chi connectivity index (χ4n) is 3.13. The van der Waals surface area contributed by atoms with Gasteiger partial charge in [0.2, 0.25) is 0 Å². The minimum absolute atomic E-state index is 0.0675. The molecule has 0 radical (unpaired) electrons. The number of hydrogen-bond donors (Lipinski definition) is 2. The zero-order valence-corrected chi connectivity index (χ0v) is 15.9. The molecule has 2 amide bonds. The van der Waals surface area contributed by atoms with Gasteiger partial charge in [0.05, 0.1) is 10.9 Å². The predicted molar refractivity (Wildman–Crippen MR) is 102 cm³/mol. The average molecular weight is 386 g/mol. The van der Waals surface area contributed by atoms with Crippen LogP contribution in [0.2, 0.25) is 0 Å². The number of fused-ring (bicyclic) bond motifs is 1. The van der Waals surface area contributed by atoms with Crippen LogP contribution >= 0.6 is 11.3 Å². The Morgan fingerprint density at radius 2 is 2.04 bits per heavy atom. The Balaban J connectivity index is 1.48. The number of esters is 1. The molecule has 0 aliphatic heterocycles. The number of aryl methyl sites for hydroxylation is 1. The Kier molecular flexibility index (Phi) is 6.24. The summed E-state index contributed by atoms with van der Waals surface area (Å²) in [7, 11) is 0. The average Bonchev–Trinajstić information content (AvgIpc) is 3.21. The lowest BCUT2D eigenvalue weighted by Crippen LogP contribution is -2.40. The highest BCUT2D eigenvalue weighted by Gasteiger charge is 2.25. The fourth-order valence-corrected chi connectivity index (χ4v) is 3.77. The van der Waals surface area contributed by atoms with Crippen LogP contribution in [0.25, 0.3) is 0 Å². The third-order valence-electron chi connectivity index (χ3n) is 4.50. The van der Waals surface area contributed by atoms with Crippen LogP contribution < -0.4 is 10.6 Å². The van der Waals surface area contributed by atoms with Gasteiger partial charge in [-0.2, -0.15) is 0 Å². The molecule has 0 spiro atoms. The smallest absolute Gasteiger partial charge is 0.326 e. The molecule has 0 saturated heterocycles. The van der Waals surface area contributed by atoms with Gasteiger partial charge in [0, 0.05) is 0 Å². The standard InChI is InChI=1S/C20H22N2O4S/c1-13(26-18(23)12-21-20(25)17-10-5-11-27-17)19(24)22-16-9-4-7-14-6-2-3-8-15(14)16/h2-3,5-6,8,10-11,13,16H,4,7,9,12H2,1H3,(H,21,25)(H,22,24)/t13-,16+/m0/s1. The number of thiophene rings is 1. The Hall–Kier alpha value is -2.67. The molecule has 1 aromatic carbocycles. The van der Waals surface area contributed by atoms with Crippen molar-refractivity contribution >= 4 is 29.1 Å². The van der Waals surface area contributed by atoms with Crippen molar-refractivity contribution in [3.05, 3.63) is 57.8 Å². The summed E-state index contributed by atoms with van der Waals surface area (Å²) in [5, 5.41) is 7.24. The van der Waals surface area contributed by atoms with E-state index in [1.54, 1.807) is 17.5 Å². The van der Waals surface area contributed by atoms with Gasteiger partial charge in [-0.3, -0.25) is 14.4 Å². The molecule has 1 aliphatic rings. The molecular weight excluding hydrogens is 364 g/mol. The Morgan fingerprint density at radius 3 is 2.81 bits per heavy atom. The monoisotopic (exact) mass is 386 g/mol. The second-order valence-electron chi connectivity index (χ2n) is 6.44. The van der Waals surface area contributed by atoms with Gasteiger partial charge >= 0.3 is 5.97 Å². The molecule has 2 N–H and O–H groups in total. The quantitative estimate of drug-likeness (QED) is 0.748. The van der Waals surface area contributed by atoms with Gasteiger partial charge in [-0.25, -0.2) is 0 Å². The summed E-state index contributed by atoms with van der Waals surface area (Å²) < 4.78 is 5.15. The molecule has 1 aliphatic carbocycles. The van der Waals surface area contributed by atoms with Crippen LogP contribution in [-0.2, 0) is 20.7 Å². The highest BCUT2D eigenvalue weighted by Crippen LogP contribution is 2.29. The molecule has 2 atom stereocenters. The van der Waals surface area contributed by atoms with E-state index in [0.29, 0.717) is 4.88 Å². The molecule has 27 heavy (non-hydrogen) atoms. The zero-order chi connectivity index (χ0) is 19.2. The summed E-state index contributed by atoms with van der Waals surface area (Å²) >= 11 is 1.29. The van der Waals surface area contributed by atoms with Crippen molar-refractivity contribution in [1.29, 1.82) is 0 Å². The van der Waals surface area contributed by atoms with E-state index in [2.05, 4.69) is 16.7 Å². The lowest BCUT2D eigenvalue weighted by atomic mass is 9.87. The Labute approximate surface area is 161 Å². The summed E-state index contributed by atoms with van der Waals surface area (Å²) in [6, 6.07) is 11.4. The van der Waals surface area contributed by atoms with E-state index in [9.17, 15) is 14.4 Å². The lowest BCUT2D eigenvalue weighted by Gasteiger charge is -2.27. The number of benzene rings is 1. The van der Waals surface area contributed by atoms with Crippen molar-refractivity contribution in [1.82, 2.24) is 10.6 Å². The molecule has 6 nitrogen and oxygen atoms in total. The number of hydrogen-bond acceptors (Lipinski definition) is 5. The first kappa shape index (κ1) is 19.1. The van der Waals surface area contributed by atoms with E-state index in [1.165, 1.54) is 23.8 Å². The second kappa shape index (κ2) is 8.81. The maximum atomic E-state index is 12.4. The maximum Gasteiger partial charge on any atom is 0.326 e. The first-order valence-electron chi connectivity index (χ1n) is 8.94. The van der Waals surface area contributed by atoms with E-state index >= 15 is 0 Å². The topological polar surface area (TPSA) is 84.5 Å². The van der Waals surface area contributed by atoms with Gasteiger partial charge in [-0.05, 0) is 48.8 Å². The highest BCUT2D eigenvalue weighted by atomic mass is 32.1. The van der Waals surface area contributed by atoms with Crippen molar-refractivity contribution < 1.29 is 19.1 Å². The molecule has 0 unspecified atom stereocenters. The normalized spacial score (nSPS) is 16.7. The van der Waals surface area contributed by atoms with Crippen molar-refractivity contribution in [2.24, 2.45) is 0 Å². The molecule has 0 bridgehead atoms. The van der Waals surface area contributed by atoms with Gasteiger partial charge < -0.3 is 15.4 Å². The fraction of sp³-hybridized carbons (Fsp3) is 0.350. The molecule has 7 heteroatoms. The number of carbonyl (C=O) groups is 3. The maximum absolute atomic E-state index is 12.4. The van der Waals surface area contributed by atoms with Crippen molar-refractivity contribution in [2.45, 2.75) is 38.3 Å². The second-order valence-corrected chi connectivity index (χ2v) is 7.39. The van der Waals surface area contributed by atoms with E-state index in [4.69, 9.17) is 4.74 Å². The van der Waals surface area contributed by atoms with Gasteiger partial charge in [-0.15, -0.1) is 11.3 Å². The number of rotatable bonds is 6. The first-order chi connectivity index (χ1) is 13.0. The number of ether oxygens (including phenoxy) is 1. The molecule has 142 valence electrons. The van der Waals surface area contributed by atoms with Crippen LogP contribution in [0.4, 0.5) is 0 Å². The zero-order valence-electron chi connectivity index (χ0n) is 15.1. The minimum atomic E-state index is -0.926. The first-order valence-corrected chi connectivity index (χ1v) is 9.82. The molecule has 0 saturated carbocycles. The van der Waals surface area contributed by atoms with Gasteiger partial charge in [0.15, 0.2) is 6.10 Å². The molecule has 1 aromatic heterocycles. The van der Waals surface area contributed by atoms with Crippen LogP contribution in [0.5, 0.6) is 0 Å². The number of amides is 2. The summed E-state index contributed by atoms with van der Waals surface area (Å²) in [5.41, 5.74) is 2.37. The third kappa shape index (κ3) is 4.95. The Morgan fingerprint density at radius 1 is 1.22 bits per heavy atom. The molecule has 2 aromatic rings. The number of carbonyl (C=O) groups excluding carboxylic acids is 3. The third-order valence-corrected chi connectivity index (χ3v) is 5.37. The van der Waals surface area contributed by atoms with E-state index in [0.717, 1.165) is 24.8 Å². The summed E-state index contributed by atoms with van der Waals surface area (Å²) in [4.78, 5) is 36.7. The number of nitrogens with one attached hydrogen (secondary N) is 2. The van der Waals surface area contributed by atoms with Crippen LogP contribution in [0.1, 0.15) is 46.6 Å². The molecule has 0 fully saturated rings. The van der Waals surface area contributed by atoms with E-state index in [1.807, 2.05) is 18.2 Å². The molecule has 3 rings (SSSR count). The highest BCUT2D eigenvalue weighted by molar-refractivity contribution is 7.12. The summed E-state index contributed by atoms with van der Waals surface area (Å²) in [6.45, 7) is 1.25. The van der Waals surface area contributed by atoms with Gasteiger partial charge in [0.1, 0.15) is 6.54 Å². The molecular formula is C20H22N2O4S. The van der Waals surface area contributed by atoms with Crippen molar-refractivity contribution in [2.75, 3.05) is 6.54 Å². The lowest BCUT2D eigenvalue weighted by molar-refractivity contribution is -0.154. The van der Waals surface area contributed by atoms with Gasteiger partial charge in [0.25, 0.3) is 11.8 Å². The van der Waals surface area contributed by atoms with Crippen molar-refractivity contribution in [3.63, 3.8) is 0 Å². The van der Waals surface area contributed by atoms with E-state index in [-0.39, 0.29) is 24.4 Å². The SMILES string of the molecule is C[C@H](OC(=O)CNC(=O)c1cccs1)C(=O)N[C@@H]1CCCc2ccccc21. The van der Waals surface area contributed by atoms with Gasteiger partial charge in [-0.1, -0.05) is 30.3 Å². The summed E-state index contributed by atoms with van der Waals surface area (Å²) in [6.07, 6.45) is 1.95.